The number of hydrogen-bond acceptors (Lipinski definition) is 5. The molecule has 1 aliphatic rings. The van der Waals surface area contributed by atoms with E-state index in [0.717, 1.165) is 64.1 Å². The molecule has 0 radical (unpaired) electrons. The molecule has 2 rings (SSSR count). The van der Waals surface area contributed by atoms with Gasteiger partial charge in [-0.15, -0.1) is 0 Å². The summed E-state index contributed by atoms with van der Waals surface area (Å²) in [6, 6.07) is 5.33. The van der Waals surface area contributed by atoms with Crippen LogP contribution in [0.2, 0.25) is 0 Å². The van der Waals surface area contributed by atoms with Crippen LogP contribution < -0.4 is 4.74 Å². The molecule has 23 heavy (non-hydrogen) atoms. The summed E-state index contributed by atoms with van der Waals surface area (Å²) in [7, 11) is 0. The quantitative estimate of drug-likeness (QED) is 0.397. The van der Waals surface area contributed by atoms with Crippen LogP contribution in [-0.4, -0.2) is 49.3 Å². The van der Waals surface area contributed by atoms with Crippen molar-refractivity contribution >= 4 is 5.69 Å². The van der Waals surface area contributed by atoms with Crippen LogP contribution in [0.4, 0.5) is 5.69 Å². The minimum atomic E-state index is -0.354. The van der Waals surface area contributed by atoms with Gasteiger partial charge in [-0.25, -0.2) is 0 Å². The van der Waals surface area contributed by atoms with E-state index < -0.39 is 0 Å². The fourth-order valence-electron chi connectivity index (χ4n) is 2.64. The molecular weight excluding hydrogens is 296 g/mol. The monoisotopic (exact) mass is 322 g/mol. The van der Waals surface area contributed by atoms with E-state index in [-0.39, 0.29) is 10.6 Å². The van der Waals surface area contributed by atoms with Gasteiger partial charge in [0.1, 0.15) is 0 Å². The van der Waals surface area contributed by atoms with Crippen LogP contribution in [-0.2, 0) is 11.2 Å². The van der Waals surface area contributed by atoms with E-state index in [2.05, 4.69) is 11.8 Å². The molecule has 0 aromatic heterocycles. The normalized spacial score (nSPS) is 15.5. The van der Waals surface area contributed by atoms with E-state index in [4.69, 9.17) is 9.47 Å². The summed E-state index contributed by atoms with van der Waals surface area (Å²) in [5.74, 6) is 0.375. The van der Waals surface area contributed by atoms with Gasteiger partial charge in [0, 0.05) is 19.2 Å². The summed E-state index contributed by atoms with van der Waals surface area (Å²) in [5.41, 5.74) is 1.07. The Kier molecular flexibility index (Phi) is 7.29. The van der Waals surface area contributed by atoms with E-state index >= 15 is 0 Å². The van der Waals surface area contributed by atoms with Crippen LogP contribution >= 0.6 is 0 Å². The predicted molar refractivity (Wildman–Crippen MR) is 89.1 cm³/mol. The second-order valence-corrected chi connectivity index (χ2v) is 5.82. The molecule has 0 aliphatic carbocycles. The highest BCUT2D eigenvalue weighted by Gasteiger charge is 2.16. The molecule has 1 aromatic rings. The molecule has 1 aliphatic heterocycles. The van der Waals surface area contributed by atoms with Crippen LogP contribution in [0.15, 0.2) is 18.2 Å². The van der Waals surface area contributed by atoms with E-state index in [1.165, 1.54) is 0 Å². The van der Waals surface area contributed by atoms with Gasteiger partial charge in [-0.3, -0.25) is 15.0 Å². The lowest BCUT2D eigenvalue weighted by Crippen LogP contribution is -2.36. The number of nitro benzene ring substituents is 1. The van der Waals surface area contributed by atoms with Gasteiger partial charge < -0.3 is 9.47 Å². The number of nitrogens with zero attached hydrogens (tertiary/aromatic N) is 2. The zero-order valence-electron chi connectivity index (χ0n) is 13.8. The minimum Gasteiger partial charge on any atom is -0.487 e. The highest BCUT2D eigenvalue weighted by atomic mass is 16.6. The minimum absolute atomic E-state index is 0.0741. The van der Waals surface area contributed by atoms with Crippen molar-refractivity contribution in [3.63, 3.8) is 0 Å². The van der Waals surface area contributed by atoms with Gasteiger partial charge in [-0.2, -0.15) is 0 Å². The molecule has 0 amide bonds. The summed E-state index contributed by atoms with van der Waals surface area (Å²) in [5, 5.41) is 11.2. The molecule has 128 valence electrons. The van der Waals surface area contributed by atoms with Gasteiger partial charge in [-0.05, 0) is 37.4 Å². The van der Waals surface area contributed by atoms with Crippen molar-refractivity contribution in [3.8, 4) is 5.75 Å². The molecule has 1 aromatic carbocycles. The average Bonchev–Trinajstić information content (AvgIpc) is 2.57. The van der Waals surface area contributed by atoms with Crippen molar-refractivity contribution in [3.05, 3.63) is 33.9 Å². The van der Waals surface area contributed by atoms with Crippen molar-refractivity contribution in [1.29, 1.82) is 0 Å². The molecule has 0 N–H and O–H groups in total. The zero-order chi connectivity index (χ0) is 16.5. The first-order chi connectivity index (χ1) is 11.2. The number of aryl methyl sites for hydroxylation is 1. The van der Waals surface area contributed by atoms with Crippen LogP contribution in [0.1, 0.15) is 31.7 Å². The lowest BCUT2D eigenvalue weighted by atomic mass is 10.1. The van der Waals surface area contributed by atoms with E-state index in [9.17, 15) is 10.1 Å². The predicted octanol–water partition coefficient (Wildman–Crippen LogP) is 3.04. The Morgan fingerprint density at radius 2 is 2.09 bits per heavy atom. The van der Waals surface area contributed by atoms with Crippen LogP contribution in [0.3, 0.4) is 0 Å². The molecule has 1 heterocycles. The molecule has 0 bridgehead atoms. The van der Waals surface area contributed by atoms with Gasteiger partial charge in [0.25, 0.3) is 0 Å². The Labute approximate surface area is 137 Å². The maximum atomic E-state index is 11.2. The Morgan fingerprint density at radius 1 is 1.30 bits per heavy atom. The molecule has 6 heteroatoms. The van der Waals surface area contributed by atoms with Crippen molar-refractivity contribution in [1.82, 2.24) is 4.90 Å². The summed E-state index contributed by atoms with van der Waals surface area (Å²) < 4.78 is 10.9. The first-order valence-electron chi connectivity index (χ1n) is 8.41. The average molecular weight is 322 g/mol. The lowest BCUT2D eigenvalue weighted by molar-refractivity contribution is -0.385. The van der Waals surface area contributed by atoms with E-state index in [1.807, 2.05) is 6.07 Å². The molecule has 0 spiro atoms. The molecule has 0 unspecified atom stereocenters. The van der Waals surface area contributed by atoms with Crippen LogP contribution in [0, 0.1) is 10.1 Å². The summed E-state index contributed by atoms with van der Waals surface area (Å²) in [4.78, 5) is 13.3. The standard InChI is InChI=1S/C17H26N2O4/c1-2-3-11-23-17-7-6-15(14-16(17)19(20)21)5-4-8-18-9-12-22-13-10-18/h6-7,14H,2-5,8-13H2,1H3. The second-order valence-electron chi connectivity index (χ2n) is 5.82. The Morgan fingerprint density at radius 3 is 2.78 bits per heavy atom. The Balaban J connectivity index is 1.88. The van der Waals surface area contributed by atoms with E-state index in [1.54, 1.807) is 12.1 Å². The maximum absolute atomic E-state index is 11.2. The van der Waals surface area contributed by atoms with Crippen LogP contribution in [0.25, 0.3) is 0 Å². The SMILES string of the molecule is CCCCOc1ccc(CCCN2CCOCC2)cc1[N+](=O)[O-]. The smallest absolute Gasteiger partial charge is 0.311 e. The summed E-state index contributed by atoms with van der Waals surface area (Å²) in [6.07, 6.45) is 3.74. The largest absolute Gasteiger partial charge is 0.487 e. The van der Waals surface area contributed by atoms with Crippen LogP contribution in [0.5, 0.6) is 5.75 Å². The number of nitro groups is 1. The summed E-state index contributed by atoms with van der Waals surface area (Å²) in [6.45, 7) is 7.15. The topological polar surface area (TPSA) is 64.8 Å². The third-order valence-corrected chi connectivity index (χ3v) is 4.02. The fraction of sp³-hybridized carbons (Fsp3) is 0.647. The van der Waals surface area contributed by atoms with E-state index in [0.29, 0.717) is 12.4 Å². The third kappa shape index (κ3) is 5.80. The number of rotatable bonds is 9. The van der Waals surface area contributed by atoms with Gasteiger partial charge >= 0.3 is 5.69 Å². The van der Waals surface area contributed by atoms with Gasteiger partial charge in [0.05, 0.1) is 24.7 Å². The van der Waals surface area contributed by atoms with Crippen molar-refractivity contribution in [2.24, 2.45) is 0 Å². The zero-order valence-corrected chi connectivity index (χ0v) is 13.8. The Hall–Kier alpha value is -1.66. The Bertz CT molecular complexity index is 501. The highest BCUT2D eigenvalue weighted by Crippen LogP contribution is 2.28. The molecule has 1 fully saturated rings. The summed E-state index contributed by atoms with van der Waals surface area (Å²) >= 11 is 0. The van der Waals surface area contributed by atoms with Crippen molar-refractivity contribution in [2.75, 3.05) is 39.5 Å². The number of ether oxygens (including phenoxy) is 2. The molecule has 6 nitrogen and oxygen atoms in total. The number of benzene rings is 1. The van der Waals surface area contributed by atoms with Gasteiger partial charge in [0.2, 0.25) is 0 Å². The molecule has 0 atom stereocenters. The number of unbranched alkanes of at least 4 members (excludes halogenated alkanes) is 1. The van der Waals surface area contributed by atoms with Gasteiger partial charge in [-0.1, -0.05) is 19.4 Å². The fourth-order valence-corrected chi connectivity index (χ4v) is 2.64. The lowest BCUT2D eigenvalue weighted by Gasteiger charge is -2.26. The molecular formula is C17H26N2O4. The van der Waals surface area contributed by atoms with Crippen molar-refractivity contribution < 1.29 is 14.4 Å². The van der Waals surface area contributed by atoms with Crippen molar-refractivity contribution in [2.45, 2.75) is 32.6 Å². The molecule has 0 saturated carbocycles. The maximum Gasteiger partial charge on any atom is 0.311 e. The first kappa shape index (κ1) is 17.7. The first-order valence-corrected chi connectivity index (χ1v) is 8.41. The third-order valence-electron chi connectivity index (χ3n) is 4.02. The molecule has 1 saturated heterocycles. The highest BCUT2D eigenvalue weighted by molar-refractivity contribution is 5.48. The van der Waals surface area contributed by atoms with Gasteiger partial charge in [0.15, 0.2) is 5.75 Å². The number of hydrogen-bond donors (Lipinski definition) is 0. The second kappa shape index (κ2) is 9.47. The number of morpholine rings is 1.